The third-order valence-corrected chi connectivity index (χ3v) is 5.66. The second kappa shape index (κ2) is 9.82. The number of amides is 1. The lowest BCUT2D eigenvalue weighted by atomic mass is 10.0. The first-order valence-electron chi connectivity index (χ1n) is 9.56. The van der Waals surface area contributed by atoms with Gasteiger partial charge in [-0.25, -0.2) is 4.79 Å². The number of morpholine rings is 1. The lowest BCUT2D eigenvalue weighted by Crippen LogP contribution is -2.38. The highest BCUT2D eigenvalue weighted by Crippen LogP contribution is 2.40. The molecule has 2 aromatic rings. The molecule has 1 fully saturated rings. The summed E-state index contributed by atoms with van der Waals surface area (Å²) in [5.74, 6) is -0.507. The van der Waals surface area contributed by atoms with E-state index in [-0.39, 0.29) is 12.5 Å². The van der Waals surface area contributed by atoms with Crippen molar-refractivity contribution in [2.24, 2.45) is 0 Å². The SMILES string of the molecule is CCOC(=O)c1c(NC(=O)CCN2CCOCC2)sc(C)c1-c1ccccc1. The van der Waals surface area contributed by atoms with Crippen molar-refractivity contribution in [3.8, 4) is 11.1 Å². The smallest absolute Gasteiger partial charge is 0.341 e. The van der Waals surface area contributed by atoms with Crippen LogP contribution in [0.15, 0.2) is 30.3 Å². The summed E-state index contributed by atoms with van der Waals surface area (Å²) in [4.78, 5) is 28.4. The Labute approximate surface area is 169 Å². The molecule has 0 bridgehead atoms. The quantitative estimate of drug-likeness (QED) is 0.717. The van der Waals surface area contributed by atoms with Crippen LogP contribution in [-0.2, 0) is 14.3 Å². The summed E-state index contributed by atoms with van der Waals surface area (Å²) in [6, 6.07) is 9.72. The maximum Gasteiger partial charge on any atom is 0.341 e. The highest BCUT2D eigenvalue weighted by atomic mass is 32.1. The number of rotatable bonds is 7. The van der Waals surface area contributed by atoms with Crippen LogP contribution in [0, 0.1) is 6.92 Å². The number of aryl methyl sites for hydroxylation is 1. The van der Waals surface area contributed by atoms with E-state index in [1.54, 1.807) is 6.92 Å². The number of anilines is 1. The van der Waals surface area contributed by atoms with E-state index in [4.69, 9.17) is 9.47 Å². The van der Waals surface area contributed by atoms with Crippen LogP contribution in [0.1, 0.15) is 28.6 Å². The van der Waals surface area contributed by atoms with E-state index in [1.807, 2.05) is 37.3 Å². The third-order valence-electron chi connectivity index (χ3n) is 4.64. The van der Waals surface area contributed by atoms with Gasteiger partial charge in [0.05, 0.1) is 19.8 Å². The van der Waals surface area contributed by atoms with Crippen LogP contribution in [0.3, 0.4) is 0 Å². The molecule has 6 nitrogen and oxygen atoms in total. The van der Waals surface area contributed by atoms with E-state index in [1.165, 1.54) is 11.3 Å². The molecule has 1 aliphatic heterocycles. The summed E-state index contributed by atoms with van der Waals surface area (Å²) in [6.45, 7) is 7.80. The van der Waals surface area contributed by atoms with Crippen LogP contribution >= 0.6 is 11.3 Å². The lowest BCUT2D eigenvalue weighted by Gasteiger charge is -2.26. The zero-order chi connectivity index (χ0) is 19.9. The molecule has 1 aliphatic rings. The Morgan fingerprint density at radius 1 is 1.21 bits per heavy atom. The molecule has 0 spiro atoms. The van der Waals surface area contributed by atoms with Crippen LogP contribution in [0.25, 0.3) is 11.1 Å². The van der Waals surface area contributed by atoms with E-state index in [2.05, 4.69) is 10.2 Å². The maximum absolute atomic E-state index is 12.7. The van der Waals surface area contributed by atoms with Gasteiger partial charge in [0.1, 0.15) is 10.6 Å². The van der Waals surface area contributed by atoms with Crippen LogP contribution in [0.4, 0.5) is 5.00 Å². The van der Waals surface area contributed by atoms with Crippen LogP contribution in [0.2, 0.25) is 0 Å². The molecule has 0 radical (unpaired) electrons. The normalized spacial score (nSPS) is 14.6. The molecule has 0 atom stereocenters. The van der Waals surface area contributed by atoms with Crippen LogP contribution in [0.5, 0.6) is 0 Å². The Morgan fingerprint density at radius 3 is 2.61 bits per heavy atom. The topological polar surface area (TPSA) is 67.9 Å². The molecule has 0 saturated carbocycles. The molecule has 28 heavy (non-hydrogen) atoms. The molecular formula is C21H26N2O4S. The standard InChI is InChI=1S/C21H26N2O4S/c1-3-27-21(25)19-18(16-7-5-4-6-8-16)15(2)28-20(19)22-17(24)9-10-23-11-13-26-14-12-23/h4-8H,3,9-14H2,1-2H3,(H,22,24). The molecule has 1 saturated heterocycles. The van der Waals surface area contributed by atoms with Gasteiger partial charge in [-0.15, -0.1) is 11.3 Å². The van der Waals surface area contributed by atoms with E-state index >= 15 is 0 Å². The van der Waals surface area contributed by atoms with Gasteiger partial charge in [-0.1, -0.05) is 30.3 Å². The summed E-state index contributed by atoms with van der Waals surface area (Å²) in [5.41, 5.74) is 2.20. The van der Waals surface area contributed by atoms with Gasteiger partial charge in [0, 0.05) is 36.5 Å². The Kier molecular flexibility index (Phi) is 7.19. The van der Waals surface area contributed by atoms with Crippen LogP contribution < -0.4 is 5.32 Å². The van der Waals surface area contributed by atoms with Crippen molar-refractivity contribution in [2.45, 2.75) is 20.3 Å². The predicted octanol–water partition coefficient (Wildman–Crippen LogP) is 3.56. The summed E-state index contributed by atoms with van der Waals surface area (Å²) in [5, 5.41) is 3.50. The fourth-order valence-electron chi connectivity index (χ4n) is 3.26. The van der Waals surface area contributed by atoms with Gasteiger partial charge >= 0.3 is 5.97 Å². The Hall–Kier alpha value is -2.22. The summed E-state index contributed by atoms with van der Waals surface area (Å²) < 4.78 is 10.6. The van der Waals surface area contributed by atoms with E-state index in [0.29, 0.717) is 36.7 Å². The number of carbonyl (C=O) groups excluding carboxylic acids is 2. The van der Waals surface area contributed by atoms with Gasteiger partial charge in [-0.05, 0) is 19.4 Å². The fourth-order valence-corrected chi connectivity index (χ4v) is 4.34. The van der Waals surface area contributed by atoms with Crippen molar-refractivity contribution in [2.75, 3.05) is 44.8 Å². The van der Waals surface area contributed by atoms with E-state index in [9.17, 15) is 9.59 Å². The Balaban J connectivity index is 1.79. The average Bonchev–Trinajstić information content (AvgIpc) is 3.03. The van der Waals surface area contributed by atoms with Gasteiger partial charge < -0.3 is 14.8 Å². The lowest BCUT2D eigenvalue weighted by molar-refractivity contribution is -0.116. The van der Waals surface area contributed by atoms with Gasteiger partial charge in [0.25, 0.3) is 0 Å². The largest absolute Gasteiger partial charge is 0.462 e. The molecule has 7 heteroatoms. The van der Waals surface area contributed by atoms with Crippen molar-refractivity contribution < 1.29 is 19.1 Å². The number of carbonyl (C=O) groups is 2. The van der Waals surface area contributed by atoms with E-state index in [0.717, 1.165) is 29.1 Å². The van der Waals surface area contributed by atoms with Crippen molar-refractivity contribution in [1.82, 2.24) is 4.90 Å². The summed E-state index contributed by atoms with van der Waals surface area (Å²) in [7, 11) is 0. The molecule has 1 N–H and O–H groups in total. The van der Waals surface area contributed by atoms with Gasteiger partial charge in [-0.2, -0.15) is 0 Å². The van der Waals surface area contributed by atoms with Crippen molar-refractivity contribution in [3.63, 3.8) is 0 Å². The third kappa shape index (κ3) is 4.98. The number of ether oxygens (including phenoxy) is 2. The zero-order valence-electron chi connectivity index (χ0n) is 16.3. The second-order valence-corrected chi connectivity index (χ2v) is 7.80. The number of esters is 1. The minimum absolute atomic E-state index is 0.0992. The minimum atomic E-state index is -0.408. The number of hydrogen-bond donors (Lipinski definition) is 1. The molecule has 2 heterocycles. The number of nitrogens with zero attached hydrogens (tertiary/aromatic N) is 1. The average molecular weight is 403 g/mol. The Bertz CT molecular complexity index is 813. The predicted molar refractivity (Wildman–Crippen MR) is 111 cm³/mol. The Morgan fingerprint density at radius 2 is 1.93 bits per heavy atom. The van der Waals surface area contributed by atoms with Gasteiger partial charge in [0.2, 0.25) is 5.91 Å². The molecule has 150 valence electrons. The van der Waals surface area contributed by atoms with Crippen molar-refractivity contribution in [1.29, 1.82) is 0 Å². The molecule has 1 aromatic carbocycles. The molecule has 3 rings (SSSR count). The first-order valence-corrected chi connectivity index (χ1v) is 10.4. The molecule has 1 amide bonds. The fraction of sp³-hybridized carbons (Fsp3) is 0.429. The summed E-state index contributed by atoms with van der Waals surface area (Å²) in [6.07, 6.45) is 0.375. The zero-order valence-corrected chi connectivity index (χ0v) is 17.1. The van der Waals surface area contributed by atoms with Crippen LogP contribution in [-0.4, -0.2) is 56.2 Å². The highest BCUT2D eigenvalue weighted by Gasteiger charge is 2.25. The number of hydrogen-bond acceptors (Lipinski definition) is 6. The first kappa shape index (κ1) is 20.5. The summed E-state index contributed by atoms with van der Waals surface area (Å²) >= 11 is 1.41. The molecule has 1 aromatic heterocycles. The number of benzene rings is 1. The minimum Gasteiger partial charge on any atom is -0.462 e. The second-order valence-electron chi connectivity index (χ2n) is 6.58. The maximum atomic E-state index is 12.7. The molecule has 0 unspecified atom stereocenters. The van der Waals surface area contributed by atoms with Crippen molar-refractivity contribution in [3.05, 3.63) is 40.8 Å². The highest BCUT2D eigenvalue weighted by molar-refractivity contribution is 7.17. The van der Waals surface area contributed by atoms with Gasteiger partial charge in [-0.3, -0.25) is 9.69 Å². The number of thiophene rings is 1. The first-order chi connectivity index (χ1) is 13.6. The van der Waals surface area contributed by atoms with Gasteiger partial charge in [0.15, 0.2) is 0 Å². The molecular weight excluding hydrogens is 376 g/mol. The number of nitrogens with one attached hydrogen (secondary N) is 1. The van der Waals surface area contributed by atoms with Crippen molar-refractivity contribution >= 4 is 28.2 Å². The molecule has 0 aliphatic carbocycles. The van der Waals surface area contributed by atoms with E-state index < -0.39 is 5.97 Å². The monoisotopic (exact) mass is 402 g/mol.